The molecule has 0 aliphatic carbocycles. The van der Waals surface area contributed by atoms with Crippen molar-refractivity contribution in [2.24, 2.45) is 5.41 Å². The summed E-state index contributed by atoms with van der Waals surface area (Å²) in [6.45, 7) is 5.66. The summed E-state index contributed by atoms with van der Waals surface area (Å²) in [5.41, 5.74) is 0.320. The van der Waals surface area contributed by atoms with Crippen molar-refractivity contribution in [3.8, 4) is 0 Å². The molecular weight excluding hydrogens is 516 g/mol. The first kappa shape index (κ1) is 29.5. The van der Waals surface area contributed by atoms with Crippen LogP contribution in [0, 0.1) is 5.41 Å². The molecule has 3 aliphatic heterocycles. The maximum Gasteiger partial charge on any atom is 0.348 e. The molecule has 4 rings (SSSR count). The molecule has 0 spiro atoms. The minimum atomic E-state index is -0.982. The molecule has 3 fully saturated rings. The molecule has 3 amide bonds. The van der Waals surface area contributed by atoms with Crippen LogP contribution >= 0.6 is 0 Å². The van der Waals surface area contributed by atoms with Crippen molar-refractivity contribution in [3.63, 3.8) is 0 Å². The van der Waals surface area contributed by atoms with Crippen LogP contribution in [0.1, 0.15) is 75.2 Å². The summed E-state index contributed by atoms with van der Waals surface area (Å²) in [7, 11) is 1.69. The van der Waals surface area contributed by atoms with Crippen LogP contribution in [0.4, 0.5) is 0 Å². The van der Waals surface area contributed by atoms with Crippen LogP contribution < -0.4 is 16.0 Å². The third-order valence-electron chi connectivity index (χ3n) is 8.15. The van der Waals surface area contributed by atoms with E-state index in [9.17, 15) is 24.0 Å². The molecule has 11 nitrogen and oxygen atoms in total. The number of amides is 3. The predicted molar refractivity (Wildman–Crippen MR) is 145 cm³/mol. The number of benzene rings is 1. The number of hydrogen-bond acceptors (Lipinski definition) is 8. The van der Waals surface area contributed by atoms with E-state index in [1.807, 2.05) is 0 Å². The van der Waals surface area contributed by atoms with E-state index in [1.165, 1.54) is 0 Å². The number of hydrogen-bond donors (Lipinski definition) is 3. The summed E-state index contributed by atoms with van der Waals surface area (Å²) in [6.07, 6.45) is 3.44. The minimum Gasteiger partial charge on any atom is -0.462 e. The van der Waals surface area contributed by atoms with Gasteiger partial charge < -0.3 is 30.3 Å². The lowest BCUT2D eigenvalue weighted by Gasteiger charge is -2.35. The minimum absolute atomic E-state index is 0.0331. The molecule has 218 valence electrons. The highest BCUT2D eigenvalue weighted by molar-refractivity contribution is 5.94. The second-order valence-corrected chi connectivity index (χ2v) is 11.6. The summed E-state index contributed by atoms with van der Waals surface area (Å²) in [4.78, 5) is 65.8. The van der Waals surface area contributed by atoms with Gasteiger partial charge in [-0.3, -0.25) is 14.4 Å². The van der Waals surface area contributed by atoms with Crippen molar-refractivity contribution in [2.75, 3.05) is 13.7 Å². The first-order chi connectivity index (χ1) is 19.0. The molecular formula is C29H40N4O7. The molecule has 3 aliphatic rings. The van der Waals surface area contributed by atoms with Crippen molar-refractivity contribution in [1.29, 1.82) is 0 Å². The number of nitrogens with one attached hydrogen (secondary N) is 3. The number of likely N-dealkylation sites (N-methyl/N-ethyl adjacent to an activating group) is 1. The monoisotopic (exact) mass is 556 g/mol. The van der Waals surface area contributed by atoms with E-state index in [2.05, 4.69) is 16.0 Å². The number of fused-ring (bicyclic) bond motifs is 1. The number of carbonyl (C=O) groups is 5. The van der Waals surface area contributed by atoms with Gasteiger partial charge in [-0.1, -0.05) is 38.8 Å². The van der Waals surface area contributed by atoms with Gasteiger partial charge in [0.15, 0.2) is 0 Å². The normalized spacial score (nSPS) is 26.6. The van der Waals surface area contributed by atoms with Crippen molar-refractivity contribution >= 4 is 29.7 Å². The lowest BCUT2D eigenvalue weighted by molar-refractivity contribution is -0.145. The lowest BCUT2D eigenvalue weighted by atomic mass is 9.90. The second-order valence-electron chi connectivity index (χ2n) is 11.6. The Hall–Kier alpha value is -3.47. The predicted octanol–water partition coefficient (Wildman–Crippen LogP) is 1.44. The number of esters is 2. The molecule has 0 radical (unpaired) electrons. The Morgan fingerprint density at radius 1 is 1.12 bits per heavy atom. The van der Waals surface area contributed by atoms with Gasteiger partial charge in [-0.25, -0.2) is 9.59 Å². The van der Waals surface area contributed by atoms with Crippen LogP contribution in [0.25, 0.3) is 0 Å². The first-order valence-electron chi connectivity index (χ1n) is 14.1. The number of nitrogens with zero attached hydrogens (tertiary/aromatic N) is 1. The van der Waals surface area contributed by atoms with Crippen LogP contribution in [0.15, 0.2) is 24.3 Å². The average Bonchev–Trinajstić information content (AvgIpc) is 3.47. The topological polar surface area (TPSA) is 143 Å². The Bertz CT molecular complexity index is 1150. The molecule has 1 aromatic carbocycles. The van der Waals surface area contributed by atoms with Crippen molar-refractivity contribution in [2.45, 2.75) is 96.1 Å². The zero-order chi connectivity index (χ0) is 29.0. The fourth-order valence-electron chi connectivity index (χ4n) is 5.58. The lowest BCUT2D eigenvalue weighted by Crippen LogP contribution is -2.57. The molecule has 1 aromatic rings. The number of rotatable bonds is 8. The molecule has 11 heteroatoms. The summed E-state index contributed by atoms with van der Waals surface area (Å²) in [6, 6.07) is 4.91. The van der Waals surface area contributed by atoms with Gasteiger partial charge in [0.2, 0.25) is 23.8 Å². The Balaban J connectivity index is 1.39. The Morgan fingerprint density at radius 3 is 2.58 bits per heavy atom. The molecule has 3 saturated heterocycles. The fourth-order valence-corrected chi connectivity index (χ4v) is 5.58. The van der Waals surface area contributed by atoms with E-state index in [0.717, 1.165) is 25.7 Å². The quantitative estimate of drug-likeness (QED) is 0.408. The van der Waals surface area contributed by atoms with E-state index in [1.54, 1.807) is 57.0 Å². The molecule has 0 aromatic heterocycles. The fraction of sp³-hybridized carbons (Fsp3) is 0.621. The number of cyclic esters (lactones) is 1. The summed E-state index contributed by atoms with van der Waals surface area (Å²) < 4.78 is 10.5. The molecule has 0 bridgehead atoms. The van der Waals surface area contributed by atoms with E-state index < -0.39 is 41.6 Å². The first-order valence-corrected chi connectivity index (χ1v) is 14.1. The Labute approximate surface area is 234 Å². The zero-order valence-corrected chi connectivity index (χ0v) is 23.7. The molecule has 3 N–H and O–H groups in total. The van der Waals surface area contributed by atoms with Gasteiger partial charge in [0.05, 0.1) is 11.6 Å². The molecule has 3 heterocycles. The van der Waals surface area contributed by atoms with Crippen LogP contribution in [-0.2, 0) is 35.2 Å². The number of carbonyl (C=O) groups excluding carboxylic acids is 5. The molecule has 5 atom stereocenters. The smallest absolute Gasteiger partial charge is 0.348 e. The van der Waals surface area contributed by atoms with E-state index >= 15 is 0 Å². The van der Waals surface area contributed by atoms with Crippen molar-refractivity contribution in [1.82, 2.24) is 20.9 Å². The van der Waals surface area contributed by atoms with E-state index in [-0.39, 0.29) is 42.5 Å². The van der Waals surface area contributed by atoms with Crippen LogP contribution in [-0.4, -0.2) is 78.5 Å². The van der Waals surface area contributed by atoms with Crippen molar-refractivity contribution in [3.05, 3.63) is 35.4 Å². The van der Waals surface area contributed by atoms with Gasteiger partial charge in [0.1, 0.15) is 18.7 Å². The SMILES string of the molecule is CNC(C)C(=O)N[C@H]1CCCC[C@H]2CC[C@@H](C(=O)NCc3cccc(C(=O)OC4C(=O)OCC4(C)C)c3)N2C1=O. The highest BCUT2D eigenvalue weighted by atomic mass is 16.6. The highest BCUT2D eigenvalue weighted by Gasteiger charge is 2.47. The Kier molecular flexibility index (Phi) is 9.12. The standard InChI is InChI=1S/C29H40N4O7/c1-17(30-4)24(34)32-21-11-6-5-10-20-12-13-22(33(20)26(21)36)25(35)31-15-18-8-7-9-19(14-18)27(37)40-23-28(38)39-16-29(23,2)3/h7-9,14,17,20-23,30H,5-6,10-13,15-16H2,1-4H3,(H,31,35)(H,32,34)/t17?,20-,21-,22-,23?/m0/s1. The van der Waals surface area contributed by atoms with Gasteiger partial charge in [-0.05, 0) is 57.4 Å². The average molecular weight is 557 g/mol. The van der Waals surface area contributed by atoms with E-state index in [4.69, 9.17) is 9.47 Å². The molecule has 40 heavy (non-hydrogen) atoms. The van der Waals surface area contributed by atoms with Gasteiger partial charge >= 0.3 is 11.9 Å². The molecule has 2 unspecified atom stereocenters. The second kappa shape index (κ2) is 12.4. The van der Waals surface area contributed by atoms with Gasteiger partial charge in [0.25, 0.3) is 0 Å². The third kappa shape index (κ3) is 6.46. The number of ether oxygens (including phenoxy) is 2. The van der Waals surface area contributed by atoms with Crippen LogP contribution in [0.2, 0.25) is 0 Å². The zero-order valence-electron chi connectivity index (χ0n) is 23.7. The summed E-state index contributed by atoms with van der Waals surface area (Å²) in [5.74, 6) is -1.93. The summed E-state index contributed by atoms with van der Waals surface area (Å²) in [5, 5.41) is 8.67. The van der Waals surface area contributed by atoms with Crippen molar-refractivity contribution < 1.29 is 33.4 Å². The maximum absolute atomic E-state index is 13.6. The van der Waals surface area contributed by atoms with Crippen LogP contribution in [0.5, 0.6) is 0 Å². The molecule has 0 saturated carbocycles. The largest absolute Gasteiger partial charge is 0.462 e. The Morgan fingerprint density at radius 2 is 1.88 bits per heavy atom. The van der Waals surface area contributed by atoms with Gasteiger partial charge in [0, 0.05) is 18.0 Å². The highest BCUT2D eigenvalue weighted by Crippen LogP contribution is 2.32. The van der Waals surface area contributed by atoms with Crippen LogP contribution in [0.3, 0.4) is 0 Å². The van der Waals surface area contributed by atoms with Gasteiger partial charge in [-0.15, -0.1) is 0 Å². The summed E-state index contributed by atoms with van der Waals surface area (Å²) >= 11 is 0. The maximum atomic E-state index is 13.6. The van der Waals surface area contributed by atoms with E-state index in [0.29, 0.717) is 18.4 Å². The third-order valence-corrected chi connectivity index (χ3v) is 8.15. The van der Waals surface area contributed by atoms with Gasteiger partial charge in [-0.2, -0.15) is 0 Å².